The quantitative estimate of drug-likeness (QED) is 0.571. The van der Waals surface area contributed by atoms with Crippen LogP contribution < -0.4 is 0 Å². The van der Waals surface area contributed by atoms with Gasteiger partial charge in [0.25, 0.3) is 0 Å². The van der Waals surface area contributed by atoms with Crippen LogP contribution in [0.3, 0.4) is 0 Å². The van der Waals surface area contributed by atoms with Gasteiger partial charge in [-0.1, -0.05) is 19.9 Å². The van der Waals surface area contributed by atoms with Gasteiger partial charge in [-0.2, -0.15) is 0 Å². The number of ketones is 1. The molecule has 0 atom stereocenters. The second kappa shape index (κ2) is 5.08. The Morgan fingerprint density at radius 2 is 2.00 bits per heavy atom. The molecule has 64 valence electrons. The first-order valence-corrected chi connectivity index (χ1v) is 3.89. The summed E-state index contributed by atoms with van der Waals surface area (Å²) in [5, 5.41) is 0. The Labute approximate surface area is 68.9 Å². The Balaban J connectivity index is 3.66. The number of carbonyl (C=O) groups excluding carboxylic acids is 1. The molecule has 0 heterocycles. The number of allylic oxidation sites excluding steroid dienone is 1. The summed E-state index contributed by atoms with van der Waals surface area (Å²) in [6.07, 6.45) is 3.55. The molecule has 0 bridgehead atoms. The minimum Gasteiger partial charge on any atom is -0.306 e. The van der Waals surface area contributed by atoms with E-state index in [1.807, 2.05) is 38.9 Å². The first-order valence-electron chi connectivity index (χ1n) is 3.89. The van der Waals surface area contributed by atoms with Crippen LogP contribution in [0, 0.1) is 5.92 Å². The number of carbonyl (C=O) groups is 1. The highest BCUT2D eigenvalue weighted by Crippen LogP contribution is 1.94. The summed E-state index contributed by atoms with van der Waals surface area (Å²) in [4.78, 5) is 13.0. The van der Waals surface area contributed by atoms with Gasteiger partial charge in [0.05, 0.1) is 0 Å². The van der Waals surface area contributed by atoms with Gasteiger partial charge in [0.15, 0.2) is 5.78 Å². The van der Waals surface area contributed by atoms with Crippen LogP contribution in [0.25, 0.3) is 0 Å². The minimum atomic E-state index is 0.119. The van der Waals surface area contributed by atoms with Crippen molar-refractivity contribution in [2.24, 2.45) is 5.92 Å². The molecular formula is C9H17NO. The monoisotopic (exact) mass is 155 g/mol. The van der Waals surface area contributed by atoms with E-state index in [2.05, 4.69) is 0 Å². The molecule has 0 spiro atoms. The van der Waals surface area contributed by atoms with Gasteiger partial charge in [-0.25, -0.2) is 0 Å². The number of hydrogen-bond donors (Lipinski definition) is 0. The van der Waals surface area contributed by atoms with Crippen molar-refractivity contribution in [3.63, 3.8) is 0 Å². The second-order valence-corrected chi connectivity index (χ2v) is 3.22. The topological polar surface area (TPSA) is 20.3 Å². The fourth-order valence-corrected chi connectivity index (χ4v) is 0.572. The molecule has 0 N–H and O–H groups in total. The van der Waals surface area contributed by atoms with E-state index in [-0.39, 0.29) is 11.7 Å². The predicted octanol–water partition coefficient (Wildman–Crippen LogP) is 1.33. The molecule has 2 nitrogen and oxygen atoms in total. The molecule has 0 fully saturated rings. The van der Waals surface area contributed by atoms with E-state index < -0.39 is 0 Å². The summed E-state index contributed by atoms with van der Waals surface area (Å²) in [5.74, 6) is 0.320. The molecule has 0 aromatic rings. The third-order valence-electron chi connectivity index (χ3n) is 1.32. The molecule has 0 saturated carbocycles. The van der Waals surface area contributed by atoms with Gasteiger partial charge in [0.2, 0.25) is 0 Å². The van der Waals surface area contributed by atoms with Crippen molar-refractivity contribution in [1.82, 2.24) is 4.90 Å². The smallest absolute Gasteiger partial charge is 0.157 e. The lowest BCUT2D eigenvalue weighted by atomic mass is 10.1. The number of nitrogens with zero attached hydrogens (tertiary/aromatic N) is 1. The van der Waals surface area contributed by atoms with Gasteiger partial charge in [-0.3, -0.25) is 4.79 Å². The molecule has 0 radical (unpaired) electrons. The Morgan fingerprint density at radius 3 is 2.36 bits per heavy atom. The Bertz CT molecular complexity index is 148. The largest absolute Gasteiger partial charge is 0.306 e. The highest BCUT2D eigenvalue weighted by atomic mass is 16.1. The van der Waals surface area contributed by atoms with Gasteiger partial charge < -0.3 is 4.90 Å². The summed E-state index contributed by atoms with van der Waals surface area (Å²) < 4.78 is 0. The zero-order chi connectivity index (χ0) is 8.85. The van der Waals surface area contributed by atoms with Gasteiger partial charge in [0, 0.05) is 12.5 Å². The average molecular weight is 155 g/mol. The van der Waals surface area contributed by atoms with Crippen molar-refractivity contribution in [2.75, 3.05) is 20.6 Å². The minimum absolute atomic E-state index is 0.119. The molecule has 0 aliphatic carbocycles. The van der Waals surface area contributed by atoms with Crippen molar-refractivity contribution >= 4 is 5.78 Å². The maximum atomic E-state index is 11.0. The van der Waals surface area contributed by atoms with E-state index in [1.165, 1.54) is 0 Å². The summed E-state index contributed by atoms with van der Waals surface area (Å²) in [6.45, 7) is 4.64. The lowest BCUT2D eigenvalue weighted by Gasteiger charge is -2.03. The lowest BCUT2D eigenvalue weighted by Crippen LogP contribution is -2.11. The zero-order valence-electron chi connectivity index (χ0n) is 7.79. The van der Waals surface area contributed by atoms with Crippen LogP contribution in [0.5, 0.6) is 0 Å². The number of rotatable bonds is 4. The fourth-order valence-electron chi connectivity index (χ4n) is 0.572. The van der Waals surface area contributed by atoms with E-state index in [1.54, 1.807) is 6.08 Å². The van der Waals surface area contributed by atoms with E-state index in [4.69, 9.17) is 0 Å². The first-order chi connectivity index (χ1) is 5.04. The molecule has 0 aliphatic rings. The van der Waals surface area contributed by atoms with Crippen LogP contribution >= 0.6 is 0 Å². The maximum absolute atomic E-state index is 11.0. The number of hydrogen-bond acceptors (Lipinski definition) is 2. The van der Waals surface area contributed by atoms with Gasteiger partial charge in [-0.05, 0) is 20.2 Å². The fraction of sp³-hybridized carbons (Fsp3) is 0.667. The van der Waals surface area contributed by atoms with Crippen LogP contribution in [0.2, 0.25) is 0 Å². The highest BCUT2D eigenvalue weighted by molar-refractivity contribution is 5.91. The second-order valence-electron chi connectivity index (χ2n) is 3.22. The molecule has 0 aromatic carbocycles. The Hall–Kier alpha value is -0.630. The summed E-state index contributed by atoms with van der Waals surface area (Å²) in [5.41, 5.74) is 0. The lowest BCUT2D eigenvalue weighted by molar-refractivity contribution is -0.117. The van der Waals surface area contributed by atoms with Crippen LogP contribution in [-0.2, 0) is 4.79 Å². The molecule has 0 aromatic heterocycles. The van der Waals surface area contributed by atoms with Gasteiger partial charge >= 0.3 is 0 Å². The summed E-state index contributed by atoms with van der Waals surface area (Å²) in [7, 11) is 3.95. The Kier molecular flexibility index (Phi) is 4.79. The van der Waals surface area contributed by atoms with Gasteiger partial charge in [0.1, 0.15) is 0 Å². The highest BCUT2D eigenvalue weighted by Gasteiger charge is 2.00. The molecule has 0 aliphatic heterocycles. The molecule has 0 rings (SSSR count). The third-order valence-corrected chi connectivity index (χ3v) is 1.32. The molecule has 0 unspecified atom stereocenters. The van der Waals surface area contributed by atoms with Crippen molar-refractivity contribution in [1.29, 1.82) is 0 Å². The van der Waals surface area contributed by atoms with Crippen molar-refractivity contribution in [2.45, 2.75) is 13.8 Å². The normalized spacial score (nSPS) is 11.8. The maximum Gasteiger partial charge on any atom is 0.157 e. The van der Waals surface area contributed by atoms with Crippen molar-refractivity contribution in [3.05, 3.63) is 12.2 Å². The standard InChI is InChI=1S/C9H17NO/c1-8(2)9(11)6-5-7-10(3)4/h5-6,8H,7H2,1-4H3/b6-5-. The van der Waals surface area contributed by atoms with E-state index in [9.17, 15) is 4.79 Å². The van der Waals surface area contributed by atoms with Gasteiger partial charge in [-0.15, -0.1) is 0 Å². The first kappa shape index (κ1) is 10.4. The predicted molar refractivity (Wildman–Crippen MR) is 47.5 cm³/mol. The van der Waals surface area contributed by atoms with Crippen LogP contribution in [0.1, 0.15) is 13.8 Å². The zero-order valence-corrected chi connectivity index (χ0v) is 7.79. The summed E-state index contributed by atoms with van der Waals surface area (Å²) >= 11 is 0. The molecule has 2 heteroatoms. The average Bonchev–Trinajstić information content (AvgIpc) is 1.86. The Morgan fingerprint density at radius 1 is 1.45 bits per heavy atom. The van der Waals surface area contributed by atoms with E-state index >= 15 is 0 Å². The molecular weight excluding hydrogens is 138 g/mol. The van der Waals surface area contributed by atoms with E-state index in [0.29, 0.717) is 0 Å². The van der Waals surface area contributed by atoms with Crippen LogP contribution in [-0.4, -0.2) is 31.3 Å². The molecule has 11 heavy (non-hydrogen) atoms. The van der Waals surface area contributed by atoms with Crippen LogP contribution in [0.15, 0.2) is 12.2 Å². The number of likely N-dealkylation sites (N-methyl/N-ethyl adjacent to an activating group) is 1. The van der Waals surface area contributed by atoms with Crippen molar-refractivity contribution < 1.29 is 4.79 Å². The molecule has 0 amide bonds. The van der Waals surface area contributed by atoms with E-state index in [0.717, 1.165) is 6.54 Å². The van der Waals surface area contributed by atoms with Crippen molar-refractivity contribution in [3.8, 4) is 0 Å². The van der Waals surface area contributed by atoms with Crippen LogP contribution in [0.4, 0.5) is 0 Å². The SMILES string of the molecule is CC(C)C(=O)/C=C\CN(C)C. The summed E-state index contributed by atoms with van der Waals surface area (Å²) in [6, 6.07) is 0. The third kappa shape index (κ3) is 5.80. The molecule has 0 saturated heterocycles.